The van der Waals surface area contributed by atoms with E-state index in [1.165, 1.54) is 96.3 Å². The number of unbranched alkanes of at least 4 members (excludes halogenated alkanes) is 20. The summed E-state index contributed by atoms with van der Waals surface area (Å²) >= 11 is 0. The molecule has 1 amide bonds. The third kappa shape index (κ3) is 29.2. The Balaban J connectivity index is 2.38. The van der Waals surface area contributed by atoms with Crippen molar-refractivity contribution in [2.24, 2.45) is 0 Å². The molecule has 0 saturated carbocycles. The van der Waals surface area contributed by atoms with Crippen LogP contribution in [0, 0.1) is 0 Å². The van der Waals surface area contributed by atoms with Crippen LogP contribution in [0.2, 0.25) is 0 Å². The van der Waals surface area contributed by atoms with Gasteiger partial charge in [-0.05, 0) is 64.2 Å². The Morgan fingerprint density at radius 1 is 0.603 bits per heavy atom. The molecule has 1 aliphatic heterocycles. The minimum Gasteiger partial charge on any atom is -0.394 e. The Morgan fingerprint density at radius 2 is 1.09 bits per heavy atom. The van der Waals surface area contributed by atoms with E-state index >= 15 is 0 Å². The van der Waals surface area contributed by atoms with Crippen LogP contribution in [0.4, 0.5) is 0 Å². The third-order valence-electron chi connectivity index (χ3n) is 10.8. The molecular weight excluding hydrogens is 731 g/mol. The van der Waals surface area contributed by atoms with E-state index < -0.39 is 49.5 Å². The van der Waals surface area contributed by atoms with Crippen molar-refractivity contribution >= 4 is 5.91 Å². The minimum atomic E-state index is -1.58. The van der Waals surface area contributed by atoms with Gasteiger partial charge in [-0.3, -0.25) is 4.79 Å². The Morgan fingerprint density at radius 3 is 1.66 bits per heavy atom. The van der Waals surface area contributed by atoms with Gasteiger partial charge in [0.2, 0.25) is 5.91 Å². The van der Waals surface area contributed by atoms with Gasteiger partial charge in [-0.15, -0.1) is 0 Å². The molecule has 0 aromatic carbocycles. The third-order valence-corrected chi connectivity index (χ3v) is 10.8. The van der Waals surface area contributed by atoms with Crippen LogP contribution in [0.5, 0.6) is 0 Å². The Kier molecular flexibility index (Phi) is 36.3. The van der Waals surface area contributed by atoms with Crippen molar-refractivity contribution in [1.29, 1.82) is 0 Å². The van der Waals surface area contributed by atoms with Crippen molar-refractivity contribution in [2.45, 2.75) is 230 Å². The molecule has 0 spiro atoms. The van der Waals surface area contributed by atoms with E-state index in [0.717, 1.165) is 70.6 Å². The highest BCUT2D eigenvalue weighted by atomic mass is 16.7. The maximum atomic E-state index is 13.0. The summed E-state index contributed by atoms with van der Waals surface area (Å²) in [5.74, 6) is -0.199. The van der Waals surface area contributed by atoms with Gasteiger partial charge in [0, 0.05) is 6.42 Å². The summed E-state index contributed by atoms with van der Waals surface area (Å²) in [5, 5.41) is 54.2. The number of hydrogen-bond donors (Lipinski definition) is 6. The molecule has 1 aliphatic rings. The molecule has 58 heavy (non-hydrogen) atoms. The number of amides is 1. The first-order valence-electron chi connectivity index (χ1n) is 23.5. The fourth-order valence-corrected chi connectivity index (χ4v) is 7.07. The van der Waals surface area contributed by atoms with Crippen molar-refractivity contribution in [1.82, 2.24) is 5.32 Å². The number of nitrogens with one attached hydrogen (secondary N) is 1. The zero-order valence-corrected chi connectivity index (χ0v) is 36.8. The van der Waals surface area contributed by atoms with E-state index in [9.17, 15) is 30.3 Å². The van der Waals surface area contributed by atoms with Crippen molar-refractivity contribution in [3.8, 4) is 0 Å². The first kappa shape index (κ1) is 53.9. The molecule has 6 N–H and O–H groups in total. The molecule has 0 aromatic heterocycles. The van der Waals surface area contributed by atoms with Crippen LogP contribution < -0.4 is 5.32 Å². The number of hydrogen-bond acceptors (Lipinski definition) is 8. The summed E-state index contributed by atoms with van der Waals surface area (Å²) in [7, 11) is 0. The Hall–Kier alpha value is -2.11. The highest BCUT2D eigenvalue weighted by Crippen LogP contribution is 2.22. The van der Waals surface area contributed by atoms with Crippen LogP contribution in [0.1, 0.15) is 187 Å². The van der Waals surface area contributed by atoms with Gasteiger partial charge in [0.1, 0.15) is 24.4 Å². The standard InChI is InChI=1S/C49H87NO8/c1-3-5-7-9-11-13-15-17-19-21-23-24-26-28-30-32-34-36-38-43(52)42(41-57-49-48(56)47(55)46(54)44(40-51)58-49)50-45(53)39-37-35-33-31-29-27-25-22-20-18-16-14-12-10-8-6-4-2/h6,8,12,14,18,20,28,30,36,38,42-44,46-49,51-52,54-56H,3-5,7,9-11,13,15-17,19,21-27,29,31-35,37,39-41H2,1-2H3,(H,50,53)/b8-6-,14-12-,20-18-,30-28+,38-36+. The molecule has 9 heteroatoms. The molecule has 1 fully saturated rings. The number of carbonyl (C=O) groups is 1. The number of aliphatic hydroxyl groups excluding tert-OH is 5. The summed E-state index contributed by atoms with van der Waals surface area (Å²) in [6.45, 7) is 3.63. The fraction of sp³-hybridized carbons (Fsp3) is 0.776. The van der Waals surface area contributed by atoms with Crippen LogP contribution in [-0.2, 0) is 14.3 Å². The molecule has 1 rings (SSSR count). The van der Waals surface area contributed by atoms with Crippen LogP contribution in [0.3, 0.4) is 0 Å². The Bertz CT molecular complexity index is 1090. The molecule has 1 saturated heterocycles. The van der Waals surface area contributed by atoms with Crippen molar-refractivity contribution < 1.29 is 39.8 Å². The van der Waals surface area contributed by atoms with Gasteiger partial charge in [0.15, 0.2) is 6.29 Å². The van der Waals surface area contributed by atoms with Gasteiger partial charge in [0.05, 0.1) is 25.4 Å². The van der Waals surface area contributed by atoms with Gasteiger partial charge in [-0.1, -0.05) is 177 Å². The lowest BCUT2D eigenvalue weighted by Gasteiger charge is -2.40. The first-order valence-corrected chi connectivity index (χ1v) is 23.5. The molecular formula is C49H87NO8. The molecule has 7 atom stereocenters. The van der Waals surface area contributed by atoms with E-state index in [-0.39, 0.29) is 12.5 Å². The quantitative estimate of drug-likeness (QED) is 0.0267. The number of rotatable bonds is 38. The number of ether oxygens (including phenoxy) is 2. The second-order valence-electron chi connectivity index (χ2n) is 16.2. The molecule has 0 bridgehead atoms. The maximum absolute atomic E-state index is 13.0. The summed E-state index contributed by atoms with van der Waals surface area (Å²) < 4.78 is 11.2. The van der Waals surface area contributed by atoms with Crippen molar-refractivity contribution in [3.63, 3.8) is 0 Å². The zero-order chi connectivity index (χ0) is 42.3. The second kappa shape index (κ2) is 39.1. The van der Waals surface area contributed by atoms with Gasteiger partial charge in [0.25, 0.3) is 0 Å². The van der Waals surface area contributed by atoms with Crippen molar-refractivity contribution in [3.05, 3.63) is 60.8 Å². The maximum Gasteiger partial charge on any atom is 0.220 e. The van der Waals surface area contributed by atoms with Gasteiger partial charge < -0.3 is 40.3 Å². The van der Waals surface area contributed by atoms with Gasteiger partial charge >= 0.3 is 0 Å². The summed E-state index contributed by atoms with van der Waals surface area (Å²) in [6, 6.07) is -0.828. The monoisotopic (exact) mass is 818 g/mol. The summed E-state index contributed by atoms with van der Waals surface area (Å²) in [6.07, 6.45) is 44.0. The van der Waals surface area contributed by atoms with E-state index in [2.05, 4.69) is 67.8 Å². The number of allylic oxidation sites excluding steroid dienone is 9. The molecule has 1 heterocycles. The number of aliphatic hydroxyl groups is 5. The molecule has 7 unspecified atom stereocenters. The predicted octanol–water partition coefficient (Wildman–Crippen LogP) is 10.0. The summed E-state index contributed by atoms with van der Waals surface area (Å²) in [4.78, 5) is 13.0. The smallest absolute Gasteiger partial charge is 0.220 e. The zero-order valence-electron chi connectivity index (χ0n) is 36.8. The van der Waals surface area contributed by atoms with E-state index in [0.29, 0.717) is 6.42 Å². The van der Waals surface area contributed by atoms with E-state index in [4.69, 9.17) is 9.47 Å². The fourth-order valence-electron chi connectivity index (χ4n) is 7.07. The van der Waals surface area contributed by atoms with Crippen LogP contribution in [-0.4, -0.2) is 87.5 Å². The molecule has 0 radical (unpaired) electrons. The van der Waals surface area contributed by atoms with Crippen molar-refractivity contribution in [2.75, 3.05) is 13.2 Å². The van der Waals surface area contributed by atoms with Gasteiger partial charge in [-0.2, -0.15) is 0 Å². The lowest BCUT2D eigenvalue weighted by atomic mass is 9.99. The second-order valence-corrected chi connectivity index (χ2v) is 16.2. The van der Waals surface area contributed by atoms with Crippen LogP contribution >= 0.6 is 0 Å². The minimum absolute atomic E-state index is 0.199. The average molecular weight is 818 g/mol. The molecule has 0 aliphatic carbocycles. The first-order chi connectivity index (χ1) is 28.3. The summed E-state index contributed by atoms with van der Waals surface area (Å²) in [5.41, 5.74) is 0. The highest BCUT2D eigenvalue weighted by molar-refractivity contribution is 5.76. The topological polar surface area (TPSA) is 149 Å². The highest BCUT2D eigenvalue weighted by Gasteiger charge is 2.44. The van der Waals surface area contributed by atoms with Crippen LogP contribution in [0.25, 0.3) is 0 Å². The Labute approximate surface area is 354 Å². The average Bonchev–Trinajstić information content (AvgIpc) is 3.22. The predicted molar refractivity (Wildman–Crippen MR) is 239 cm³/mol. The lowest BCUT2D eigenvalue weighted by molar-refractivity contribution is -0.302. The normalized spacial score (nSPS) is 21.4. The number of carbonyl (C=O) groups excluding carboxylic acids is 1. The van der Waals surface area contributed by atoms with Crippen LogP contribution in [0.15, 0.2) is 60.8 Å². The lowest BCUT2D eigenvalue weighted by Crippen LogP contribution is -2.60. The molecule has 336 valence electrons. The van der Waals surface area contributed by atoms with E-state index in [1.54, 1.807) is 6.08 Å². The molecule has 0 aromatic rings. The molecule has 9 nitrogen and oxygen atoms in total. The SMILES string of the molecule is CC/C=C\C/C=C\C/C=C\CCCCCCCCCC(=O)NC(COC1OC(CO)C(O)C(O)C1O)C(O)/C=C/CC/C=C/CCCCCCCCCCCCCC. The largest absolute Gasteiger partial charge is 0.394 e. The van der Waals surface area contributed by atoms with Gasteiger partial charge in [-0.25, -0.2) is 0 Å². The van der Waals surface area contributed by atoms with E-state index in [1.807, 2.05) is 6.08 Å².